The first-order valence-electron chi connectivity index (χ1n) is 7.55. The average Bonchev–Trinajstić information content (AvgIpc) is 2.55. The lowest BCUT2D eigenvalue weighted by molar-refractivity contribution is -0.121. The highest BCUT2D eigenvalue weighted by atomic mass is 35.5. The maximum Gasteiger partial charge on any atom is 0.252 e. The van der Waals surface area contributed by atoms with E-state index in [1.807, 2.05) is 6.92 Å². The molecule has 0 aliphatic carbocycles. The van der Waals surface area contributed by atoms with Crippen molar-refractivity contribution in [3.8, 4) is 0 Å². The summed E-state index contributed by atoms with van der Waals surface area (Å²) in [6.45, 7) is 2.01. The molecular weight excluding hydrogens is 331 g/mol. The molecule has 0 radical (unpaired) electrons. The molecule has 0 unspecified atom stereocenters. The van der Waals surface area contributed by atoms with Gasteiger partial charge in [0.25, 0.3) is 5.91 Å². The monoisotopic (exact) mass is 348 g/mol. The van der Waals surface area contributed by atoms with Crippen LogP contribution in [0.4, 0.5) is 4.39 Å². The van der Waals surface area contributed by atoms with Gasteiger partial charge in [-0.05, 0) is 36.8 Å². The first kappa shape index (κ1) is 17.9. The van der Waals surface area contributed by atoms with Crippen molar-refractivity contribution in [3.63, 3.8) is 0 Å². The molecule has 0 heterocycles. The lowest BCUT2D eigenvalue weighted by atomic mass is 10.1. The van der Waals surface area contributed by atoms with Crippen LogP contribution in [-0.4, -0.2) is 18.4 Å². The number of hydrogen-bond donors (Lipinski definition) is 2. The lowest BCUT2D eigenvalue weighted by Crippen LogP contribution is -2.32. The van der Waals surface area contributed by atoms with E-state index in [1.54, 1.807) is 36.4 Å². The summed E-state index contributed by atoms with van der Waals surface area (Å²) in [5.74, 6) is -0.842. The van der Waals surface area contributed by atoms with Crippen LogP contribution in [0.1, 0.15) is 35.3 Å². The summed E-state index contributed by atoms with van der Waals surface area (Å²) in [5.41, 5.74) is 1.18. The van der Waals surface area contributed by atoms with Gasteiger partial charge in [-0.2, -0.15) is 0 Å². The molecule has 2 amide bonds. The van der Waals surface area contributed by atoms with Crippen molar-refractivity contribution in [3.05, 3.63) is 70.5 Å². The quantitative estimate of drug-likeness (QED) is 0.839. The van der Waals surface area contributed by atoms with Gasteiger partial charge < -0.3 is 10.6 Å². The minimum Gasteiger partial charge on any atom is -0.351 e. The molecule has 0 aliphatic heterocycles. The summed E-state index contributed by atoms with van der Waals surface area (Å²) in [5, 5.41) is 5.82. The Balaban J connectivity index is 1.78. The van der Waals surface area contributed by atoms with E-state index in [1.165, 1.54) is 12.1 Å². The second-order valence-electron chi connectivity index (χ2n) is 5.33. The first-order chi connectivity index (χ1) is 11.5. The highest BCUT2D eigenvalue weighted by Crippen LogP contribution is 2.15. The van der Waals surface area contributed by atoms with Gasteiger partial charge in [0.2, 0.25) is 5.91 Å². The second kappa shape index (κ2) is 8.45. The van der Waals surface area contributed by atoms with Gasteiger partial charge in [0.1, 0.15) is 5.82 Å². The number of rotatable bonds is 6. The Morgan fingerprint density at radius 3 is 2.46 bits per heavy atom. The number of hydrogen-bond acceptors (Lipinski definition) is 2. The van der Waals surface area contributed by atoms with E-state index in [-0.39, 0.29) is 36.6 Å². The number of benzene rings is 2. The van der Waals surface area contributed by atoms with Crippen LogP contribution in [0.25, 0.3) is 0 Å². The zero-order valence-electron chi connectivity index (χ0n) is 13.2. The Morgan fingerprint density at radius 2 is 1.79 bits per heavy atom. The number of halogens is 2. The highest BCUT2D eigenvalue weighted by molar-refractivity contribution is 6.33. The Kier molecular flexibility index (Phi) is 6.32. The molecule has 0 bridgehead atoms. The molecule has 0 aliphatic rings. The summed E-state index contributed by atoms with van der Waals surface area (Å²) >= 11 is 5.94. The molecule has 126 valence electrons. The van der Waals surface area contributed by atoms with E-state index < -0.39 is 0 Å². The molecule has 2 N–H and O–H groups in total. The number of nitrogens with one attached hydrogen (secondary N) is 2. The minimum atomic E-state index is -0.320. The fourth-order valence-electron chi connectivity index (χ4n) is 2.18. The van der Waals surface area contributed by atoms with Crippen LogP contribution in [0.5, 0.6) is 0 Å². The second-order valence-corrected chi connectivity index (χ2v) is 5.73. The van der Waals surface area contributed by atoms with Crippen molar-refractivity contribution in [1.29, 1.82) is 0 Å². The molecule has 0 saturated heterocycles. The van der Waals surface area contributed by atoms with Crippen LogP contribution in [0, 0.1) is 5.82 Å². The van der Waals surface area contributed by atoms with E-state index in [2.05, 4.69) is 10.6 Å². The fourth-order valence-corrected chi connectivity index (χ4v) is 2.40. The van der Waals surface area contributed by atoms with Gasteiger partial charge in [0.05, 0.1) is 16.6 Å². The third kappa shape index (κ3) is 5.06. The van der Waals surface area contributed by atoms with Crippen LogP contribution >= 0.6 is 11.6 Å². The van der Waals surface area contributed by atoms with Crippen LogP contribution < -0.4 is 10.6 Å². The Labute approximate surface area is 145 Å². The lowest BCUT2D eigenvalue weighted by Gasteiger charge is -2.14. The van der Waals surface area contributed by atoms with E-state index >= 15 is 0 Å². The van der Waals surface area contributed by atoms with Crippen molar-refractivity contribution in [2.75, 3.05) is 6.54 Å². The van der Waals surface area contributed by atoms with Gasteiger partial charge in [-0.15, -0.1) is 0 Å². The van der Waals surface area contributed by atoms with E-state index in [4.69, 9.17) is 11.6 Å². The van der Waals surface area contributed by atoms with Gasteiger partial charge in [-0.3, -0.25) is 9.59 Å². The van der Waals surface area contributed by atoms with Gasteiger partial charge in [0.15, 0.2) is 0 Å². The molecule has 0 aromatic heterocycles. The Hall–Kier alpha value is -2.40. The Morgan fingerprint density at radius 1 is 1.12 bits per heavy atom. The molecular formula is C18H18ClFN2O2. The predicted molar refractivity (Wildman–Crippen MR) is 91.4 cm³/mol. The van der Waals surface area contributed by atoms with E-state index in [0.29, 0.717) is 10.6 Å². The summed E-state index contributed by atoms with van der Waals surface area (Å²) < 4.78 is 12.9. The first-order valence-corrected chi connectivity index (χ1v) is 7.92. The number of carbonyl (C=O) groups is 2. The van der Waals surface area contributed by atoms with Gasteiger partial charge in [0, 0.05) is 13.0 Å². The standard InChI is InChI=1S/C18H18ClFN2O2/c1-12(13-6-8-14(20)9-7-13)22-17(23)10-11-21-18(24)15-4-2-3-5-16(15)19/h2-9,12H,10-11H2,1H3,(H,21,24)(H,22,23)/t12-/m1/s1. The van der Waals surface area contributed by atoms with Crippen molar-refractivity contribution in [1.82, 2.24) is 10.6 Å². The smallest absolute Gasteiger partial charge is 0.252 e. The maximum absolute atomic E-state index is 12.9. The maximum atomic E-state index is 12.9. The van der Waals surface area contributed by atoms with Crippen LogP contribution in [0.2, 0.25) is 5.02 Å². The van der Waals surface area contributed by atoms with Gasteiger partial charge in [-0.25, -0.2) is 4.39 Å². The summed E-state index contributed by atoms with van der Waals surface area (Å²) in [4.78, 5) is 23.9. The third-order valence-corrected chi connectivity index (χ3v) is 3.83. The molecule has 24 heavy (non-hydrogen) atoms. The molecule has 6 heteroatoms. The van der Waals surface area contributed by atoms with Crippen molar-refractivity contribution < 1.29 is 14.0 Å². The molecule has 1 atom stereocenters. The molecule has 2 aromatic rings. The van der Waals surface area contributed by atoms with Crippen LogP contribution in [0.3, 0.4) is 0 Å². The summed E-state index contributed by atoms with van der Waals surface area (Å²) in [6.07, 6.45) is 0.141. The number of carbonyl (C=O) groups excluding carboxylic acids is 2. The Bertz CT molecular complexity index is 719. The molecule has 0 saturated carbocycles. The summed E-state index contributed by atoms with van der Waals surface area (Å²) in [7, 11) is 0. The van der Waals surface area contributed by atoms with Crippen molar-refractivity contribution >= 4 is 23.4 Å². The third-order valence-electron chi connectivity index (χ3n) is 3.50. The molecule has 4 nitrogen and oxygen atoms in total. The minimum absolute atomic E-state index is 0.141. The fraction of sp³-hybridized carbons (Fsp3) is 0.222. The normalized spacial score (nSPS) is 11.6. The van der Waals surface area contributed by atoms with Gasteiger partial charge >= 0.3 is 0 Å². The van der Waals surface area contributed by atoms with Crippen molar-refractivity contribution in [2.45, 2.75) is 19.4 Å². The topological polar surface area (TPSA) is 58.2 Å². The summed E-state index contributed by atoms with van der Waals surface area (Å²) in [6, 6.07) is 12.4. The molecule has 2 rings (SSSR count). The zero-order chi connectivity index (χ0) is 17.5. The van der Waals surface area contributed by atoms with Crippen molar-refractivity contribution in [2.24, 2.45) is 0 Å². The van der Waals surface area contributed by atoms with E-state index in [0.717, 1.165) is 5.56 Å². The SMILES string of the molecule is C[C@@H](NC(=O)CCNC(=O)c1ccccc1Cl)c1ccc(F)cc1. The molecule has 0 fully saturated rings. The zero-order valence-corrected chi connectivity index (χ0v) is 13.9. The average molecular weight is 349 g/mol. The largest absolute Gasteiger partial charge is 0.351 e. The molecule has 2 aromatic carbocycles. The van der Waals surface area contributed by atoms with Crippen LogP contribution in [-0.2, 0) is 4.79 Å². The number of amides is 2. The highest BCUT2D eigenvalue weighted by Gasteiger charge is 2.12. The molecule has 0 spiro atoms. The van der Waals surface area contributed by atoms with Crippen LogP contribution in [0.15, 0.2) is 48.5 Å². The van der Waals surface area contributed by atoms with Gasteiger partial charge in [-0.1, -0.05) is 35.9 Å². The van der Waals surface area contributed by atoms with E-state index in [9.17, 15) is 14.0 Å². The predicted octanol–water partition coefficient (Wildman–Crippen LogP) is 3.48.